The topological polar surface area (TPSA) is 90.7 Å². The molecule has 1 aromatic heterocycles. The Morgan fingerprint density at radius 3 is 2.65 bits per heavy atom. The maximum absolute atomic E-state index is 11.7. The van der Waals surface area contributed by atoms with Crippen molar-refractivity contribution in [2.24, 2.45) is 12.1 Å². The van der Waals surface area contributed by atoms with E-state index in [1.807, 2.05) is 0 Å². The molecule has 7 nitrogen and oxygen atoms in total. The molecule has 0 spiro atoms. The summed E-state index contributed by atoms with van der Waals surface area (Å²) in [5.74, 6) is 0.184. The minimum atomic E-state index is -0.569. The average Bonchev–Trinajstić information content (AvgIpc) is 2.52. The van der Waals surface area contributed by atoms with Gasteiger partial charge >= 0.3 is 5.69 Å². The number of hydrazone groups is 1. The van der Waals surface area contributed by atoms with Crippen molar-refractivity contribution in [2.45, 2.75) is 0 Å². The zero-order valence-corrected chi connectivity index (χ0v) is 13.7. The summed E-state index contributed by atoms with van der Waals surface area (Å²) in [5.41, 5.74) is -0.370. The van der Waals surface area contributed by atoms with E-state index in [4.69, 9.17) is 28.3 Å². The molecule has 0 radical (unpaired) electrons. The maximum atomic E-state index is 11.7. The molecule has 0 aliphatic heterocycles. The third kappa shape index (κ3) is 4.22. The summed E-state index contributed by atoms with van der Waals surface area (Å²) < 4.78 is 0.934. The number of hydrogen-bond donors (Lipinski definition) is 2. The van der Waals surface area contributed by atoms with Crippen LogP contribution in [-0.2, 0) is 7.05 Å². The quantitative estimate of drug-likeness (QED) is 0.622. The van der Waals surface area contributed by atoms with Gasteiger partial charge in [-0.05, 0) is 17.7 Å². The predicted octanol–water partition coefficient (Wildman–Crippen LogP) is 1.21. The second kappa shape index (κ2) is 7.45. The van der Waals surface area contributed by atoms with Gasteiger partial charge in [0.1, 0.15) is 5.82 Å². The van der Waals surface area contributed by atoms with Crippen LogP contribution in [-0.4, -0.2) is 34.0 Å². The standard InChI is InChI=1S/C14H14Cl2N4O3/c1-19-13(22)7-12(18-14(19)23)20(4-5-21)17-8-9-2-3-10(15)11(16)6-9/h2-3,6-8,21H,4-5H2,1H3,(H,18,23)/b17-8+. The number of nitrogens with zero attached hydrogens (tertiary/aromatic N) is 3. The zero-order valence-electron chi connectivity index (χ0n) is 12.2. The van der Waals surface area contributed by atoms with Crippen molar-refractivity contribution in [2.75, 3.05) is 18.2 Å². The highest BCUT2D eigenvalue weighted by Crippen LogP contribution is 2.21. The van der Waals surface area contributed by atoms with Crippen LogP contribution in [0.1, 0.15) is 5.56 Å². The molecule has 1 heterocycles. The Morgan fingerprint density at radius 2 is 2.04 bits per heavy atom. The highest BCUT2D eigenvalue weighted by atomic mass is 35.5. The van der Waals surface area contributed by atoms with Gasteiger partial charge < -0.3 is 5.11 Å². The highest BCUT2D eigenvalue weighted by molar-refractivity contribution is 6.42. The molecule has 2 aromatic rings. The Balaban J connectivity index is 2.35. The van der Waals surface area contributed by atoms with Crippen LogP contribution in [0.15, 0.2) is 39.0 Å². The van der Waals surface area contributed by atoms with Gasteiger partial charge in [0.25, 0.3) is 5.56 Å². The summed E-state index contributed by atoms with van der Waals surface area (Å²) in [6, 6.07) is 6.18. The summed E-state index contributed by atoms with van der Waals surface area (Å²) in [6.45, 7) is -0.114. The normalized spacial score (nSPS) is 11.1. The third-order valence-corrected chi connectivity index (χ3v) is 3.75. The van der Waals surface area contributed by atoms with Crippen LogP contribution in [0.2, 0.25) is 10.0 Å². The lowest BCUT2D eigenvalue weighted by molar-refractivity contribution is 0.302. The molecule has 1 aromatic carbocycles. The first kappa shape index (κ1) is 17.3. The minimum absolute atomic E-state index is 0.0981. The molecule has 0 saturated carbocycles. The molecule has 0 unspecified atom stereocenters. The molecule has 0 bridgehead atoms. The third-order valence-electron chi connectivity index (χ3n) is 3.01. The molecule has 0 aliphatic carbocycles. The Labute approximate surface area is 141 Å². The van der Waals surface area contributed by atoms with Crippen LogP contribution in [0.3, 0.4) is 0 Å². The van der Waals surface area contributed by atoms with Crippen LogP contribution < -0.4 is 16.3 Å². The van der Waals surface area contributed by atoms with Crippen LogP contribution in [0.4, 0.5) is 5.82 Å². The molecule has 0 saturated heterocycles. The Bertz CT molecular complexity index is 813. The summed E-state index contributed by atoms with van der Waals surface area (Å²) in [6.07, 6.45) is 1.48. The summed E-state index contributed by atoms with van der Waals surface area (Å²) in [5, 5.41) is 15.4. The van der Waals surface area contributed by atoms with Gasteiger partial charge in [-0.25, -0.2) is 9.80 Å². The number of benzene rings is 1. The fourth-order valence-corrected chi connectivity index (χ4v) is 2.05. The second-order valence-electron chi connectivity index (χ2n) is 4.62. The lowest BCUT2D eigenvalue weighted by Crippen LogP contribution is -2.35. The van der Waals surface area contributed by atoms with Gasteiger partial charge in [0.05, 0.1) is 29.4 Å². The number of nitrogens with one attached hydrogen (secondary N) is 1. The van der Waals surface area contributed by atoms with E-state index in [-0.39, 0.29) is 19.0 Å². The number of aliphatic hydroxyl groups is 1. The van der Waals surface area contributed by atoms with Gasteiger partial charge in [0.15, 0.2) is 0 Å². The molecule has 9 heteroatoms. The predicted molar refractivity (Wildman–Crippen MR) is 90.8 cm³/mol. The Hall–Kier alpha value is -2.09. The first-order valence-corrected chi connectivity index (χ1v) is 7.35. The molecular weight excluding hydrogens is 343 g/mol. The lowest BCUT2D eigenvalue weighted by atomic mass is 10.2. The number of rotatable bonds is 5. The summed E-state index contributed by atoms with van der Waals surface area (Å²) >= 11 is 11.8. The van der Waals surface area contributed by atoms with Crippen molar-refractivity contribution < 1.29 is 5.11 Å². The fourth-order valence-electron chi connectivity index (χ4n) is 1.75. The van der Waals surface area contributed by atoms with E-state index in [0.717, 1.165) is 4.57 Å². The van der Waals surface area contributed by atoms with Crippen molar-refractivity contribution in [3.63, 3.8) is 0 Å². The van der Waals surface area contributed by atoms with Crippen molar-refractivity contribution in [1.82, 2.24) is 9.55 Å². The lowest BCUT2D eigenvalue weighted by Gasteiger charge is -2.17. The van der Waals surface area contributed by atoms with Crippen molar-refractivity contribution >= 4 is 35.2 Å². The monoisotopic (exact) mass is 356 g/mol. The molecule has 122 valence electrons. The number of H-pyrrole nitrogens is 1. The molecule has 0 amide bonds. The zero-order chi connectivity index (χ0) is 17.0. The van der Waals surface area contributed by atoms with Crippen LogP contribution in [0, 0.1) is 0 Å². The molecule has 0 aliphatic rings. The number of anilines is 1. The van der Waals surface area contributed by atoms with Crippen LogP contribution in [0.25, 0.3) is 0 Å². The van der Waals surface area contributed by atoms with Gasteiger partial charge in [-0.1, -0.05) is 29.3 Å². The van der Waals surface area contributed by atoms with E-state index < -0.39 is 11.2 Å². The second-order valence-corrected chi connectivity index (χ2v) is 5.44. The Morgan fingerprint density at radius 1 is 1.30 bits per heavy atom. The van der Waals surface area contributed by atoms with E-state index in [1.54, 1.807) is 18.2 Å². The van der Waals surface area contributed by atoms with E-state index in [0.29, 0.717) is 15.6 Å². The van der Waals surface area contributed by atoms with Crippen molar-refractivity contribution in [1.29, 1.82) is 0 Å². The Kier molecular flexibility index (Phi) is 5.59. The molecular formula is C14H14Cl2N4O3. The highest BCUT2D eigenvalue weighted by Gasteiger charge is 2.08. The van der Waals surface area contributed by atoms with E-state index in [9.17, 15) is 9.59 Å². The molecule has 0 fully saturated rings. The van der Waals surface area contributed by atoms with Gasteiger partial charge in [-0.2, -0.15) is 5.10 Å². The van der Waals surface area contributed by atoms with E-state index in [2.05, 4.69) is 10.1 Å². The van der Waals surface area contributed by atoms with Crippen LogP contribution in [0.5, 0.6) is 0 Å². The SMILES string of the molecule is Cn1c(=O)cc(N(CCO)/N=C/c2ccc(Cl)c(Cl)c2)[nH]c1=O. The fraction of sp³-hybridized carbons (Fsp3) is 0.214. The number of hydrogen-bond acceptors (Lipinski definition) is 5. The maximum Gasteiger partial charge on any atom is 0.329 e. The van der Waals surface area contributed by atoms with Crippen LogP contribution >= 0.6 is 23.2 Å². The van der Waals surface area contributed by atoms with E-state index >= 15 is 0 Å². The van der Waals surface area contributed by atoms with Gasteiger partial charge in [0, 0.05) is 13.1 Å². The van der Waals surface area contributed by atoms with Crippen molar-refractivity contribution in [3.05, 3.63) is 60.7 Å². The number of aromatic amines is 1. The molecule has 2 N–H and O–H groups in total. The smallest absolute Gasteiger partial charge is 0.329 e. The number of aliphatic hydroxyl groups excluding tert-OH is 1. The largest absolute Gasteiger partial charge is 0.394 e. The van der Waals surface area contributed by atoms with Gasteiger partial charge in [0.2, 0.25) is 0 Å². The average molecular weight is 357 g/mol. The minimum Gasteiger partial charge on any atom is -0.394 e. The van der Waals surface area contributed by atoms with E-state index in [1.165, 1.54) is 24.3 Å². The number of aromatic nitrogens is 2. The summed E-state index contributed by atoms with van der Waals surface area (Å²) in [7, 11) is 1.36. The molecule has 2 rings (SSSR count). The molecule has 0 atom stereocenters. The molecule has 23 heavy (non-hydrogen) atoms. The van der Waals surface area contributed by atoms with Gasteiger partial charge in [-0.3, -0.25) is 14.3 Å². The van der Waals surface area contributed by atoms with Crippen molar-refractivity contribution in [3.8, 4) is 0 Å². The number of halogens is 2. The first-order valence-electron chi connectivity index (χ1n) is 6.60. The first-order chi connectivity index (χ1) is 10.9. The van der Waals surface area contributed by atoms with Gasteiger partial charge in [-0.15, -0.1) is 0 Å². The summed E-state index contributed by atoms with van der Waals surface area (Å²) in [4.78, 5) is 25.9.